The van der Waals surface area contributed by atoms with Gasteiger partial charge in [0.25, 0.3) is 0 Å². The first-order valence-electron chi connectivity index (χ1n) is 8.20. The smallest absolute Gasteiger partial charge is 0.380 e. The van der Waals surface area contributed by atoms with Gasteiger partial charge in [-0.05, 0) is 23.5 Å². The van der Waals surface area contributed by atoms with Crippen molar-refractivity contribution in [2.45, 2.75) is 51.3 Å². The van der Waals surface area contributed by atoms with Gasteiger partial charge in [0.1, 0.15) is 0 Å². The average Bonchev–Trinajstić information content (AvgIpc) is 2.57. The number of aliphatic hydroxyl groups is 1. The molecule has 2 unspecified atom stereocenters. The van der Waals surface area contributed by atoms with E-state index in [2.05, 4.69) is 0 Å². The minimum absolute atomic E-state index is 0.366. The molecule has 0 aliphatic heterocycles. The lowest BCUT2D eigenvalue weighted by Gasteiger charge is -2.33. The topological polar surface area (TPSA) is 20.2 Å². The zero-order chi connectivity index (χ0) is 18.2. The van der Waals surface area contributed by atoms with Crippen LogP contribution in [-0.2, 0) is 6.42 Å². The van der Waals surface area contributed by atoms with Crippen LogP contribution in [0.1, 0.15) is 44.2 Å². The molecule has 1 nitrogen and oxygen atoms in total. The lowest BCUT2D eigenvalue weighted by Crippen LogP contribution is -2.48. The van der Waals surface area contributed by atoms with Gasteiger partial charge < -0.3 is 5.11 Å². The van der Waals surface area contributed by atoms with Crippen molar-refractivity contribution in [3.8, 4) is 0 Å². The van der Waals surface area contributed by atoms with E-state index < -0.39 is 24.1 Å². The second-order valence-electron chi connectivity index (χ2n) is 5.71. The summed E-state index contributed by atoms with van der Waals surface area (Å²) in [6.45, 7) is 5.71. The highest BCUT2D eigenvalue weighted by molar-refractivity contribution is 5.22. The molecule has 0 saturated heterocycles. The summed E-state index contributed by atoms with van der Waals surface area (Å²) < 4.78 is 40.2. The Hall–Kier alpha value is -1.81. The van der Waals surface area contributed by atoms with Gasteiger partial charge in [-0.3, -0.25) is 0 Å². The van der Waals surface area contributed by atoms with E-state index in [1.807, 2.05) is 19.9 Å². The molecule has 0 saturated carbocycles. The van der Waals surface area contributed by atoms with Crippen molar-refractivity contribution >= 4 is 0 Å². The number of rotatable bonds is 5. The van der Waals surface area contributed by atoms with Crippen LogP contribution in [0.5, 0.6) is 0 Å². The van der Waals surface area contributed by atoms with Gasteiger partial charge in [-0.15, -0.1) is 0 Å². The summed E-state index contributed by atoms with van der Waals surface area (Å²) in [5.41, 5.74) is -1.47. The summed E-state index contributed by atoms with van der Waals surface area (Å²) in [5.74, 6) is -0.392. The molecule has 1 N–H and O–H groups in total. The number of halogens is 3. The predicted molar refractivity (Wildman–Crippen MR) is 92.0 cm³/mol. The number of hydrogen-bond donors (Lipinski definition) is 1. The Balaban J connectivity index is 0.00000139. The molecule has 4 heteroatoms. The number of benzene rings is 2. The first-order valence-corrected chi connectivity index (χ1v) is 8.20. The summed E-state index contributed by atoms with van der Waals surface area (Å²) in [5, 5.41) is 10.3. The molecule has 24 heavy (non-hydrogen) atoms. The molecule has 2 atom stereocenters. The third-order valence-corrected chi connectivity index (χ3v) is 3.88. The Labute approximate surface area is 142 Å². The Kier molecular flexibility index (Phi) is 7.49. The van der Waals surface area contributed by atoms with Crippen molar-refractivity contribution < 1.29 is 18.3 Å². The van der Waals surface area contributed by atoms with Crippen LogP contribution in [0.25, 0.3) is 0 Å². The van der Waals surface area contributed by atoms with Crippen molar-refractivity contribution in [2.24, 2.45) is 0 Å². The van der Waals surface area contributed by atoms with Crippen LogP contribution < -0.4 is 0 Å². The highest BCUT2D eigenvalue weighted by Crippen LogP contribution is 2.40. The zero-order valence-electron chi connectivity index (χ0n) is 14.3. The van der Waals surface area contributed by atoms with E-state index in [1.54, 1.807) is 61.5 Å². The fourth-order valence-electron chi connectivity index (χ4n) is 2.63. The van der Waals surface area contributed by atoms with Crippen LogP contribution in [0.4, 0.5) is 13.2 Å². The number of hydrogen-bond acceptors (Lipinski definition) is 1. The normalized spacial score (nSPS) is 15.0. The fraction of sp³-hybridized carbons (Fsp3) is 0.400. The Morgan fingerprint density at radius 1 is 0.875 bits per heavy atom. The molecule has 0 heterocycles. The van der Waals surface area contributed by atoms with Crippen LogP contribution in [0.15, 0.2) is 60.7 Å². The van der Waals surface area contributed by atoms with E-state index in [4.69, 9.17) is 0 Å². The lowest BCUT2D eigenvalue weighted by molar-refractivity contribution is -0.263. The molecule has 132 valence electrons. The van der Waals surface area contributed by atoms with E-state index >= 15 is 0 Å². The van der Waals surface area contributed by atoms with E-state index in [-0.39, 0.29) is 6.42 Å². The second-order valence-corrected chi connectivity index (χ2v) is 5.71. The van der Waals surface area contributed by atoms with Crippen molar-refractivity contribution in [3.05, 3.63) is 71.8 Å². The summed E-state index contributed by atoms with van der Waals surface area (Å²) in [6, 6.07) is 17.2. The van der Waals surface area contributed by atoms with Gasteiger partial charge in [0.05, 0.1) is 0 Å². The summed E-state index contributed by atoms with van der Waals surface area (Å²) >= 11 is 0. The van der Waals surface area contributed by atoms with Gasteiger partial charge in [-0.2, -0.15) is 13.2 Å². The molecule has 2 aromatic rings. The van der Waals surface area contributed by atoms with Crippen LogP contribution in [-0.4, -0.2) is 16.9 Å². The van der Waals surface area contributed by atoms with Gasteiger partial charge >= 0.3 is 6.18 Å². The molecule has 0 amide bonds. The van der Waals surface area contributed by atoms with Crippen molar-refractivity contribution in [1.29, 1.82) is 0 Å². The minimum Gasteiger partial charge on any atom is -0.380 e. The molecule has 0 radical (unpaired) electrons. The van der Waals surface area contributed by atoms with Crippen LogP contribution in [0, 0.1) is 0 Å². The maximum atomic E-state index is 13.4. The third kappa shape index (κ3) is 5.38. The van der Waals surface area contributed by atoms with E-state index in [1.165, 1.54) is 0 Å². The van der Waals surface area contributed by atoms with Gasteiger partial charge in [-0.1, -0.05) is 81.4 Å². The fourth-order valence-corrected chi connectivity index (χ4v) is 2.63. The summed E-state index contributed by atoms with van der Waals surface area (Å²) in [7, 11) is 0. The highest BCUT2D eigenvalue weighted by atomic mass is 19.4. The average molecular weight is 338 g/mol. The van der Waals surface area contributed by atoms with Crippen molar-refractivity contribution in [2.75, 3.05) is 0 Å². The molecule has 0 aliphatic rings. The maximum absolute atomic E-state index is 13.4. The van der Waals surface area contributed by atoms with E-state index in [0.717, 1.165) is 5.56 Å². The highest BCUT2D eigenvalue weighted by Gasteiger charge is 2.53. The molecule has 0 aliphatic carbocycles. The number of alkyl halides is 3. The molecule has 0 bridgehead atoms. The first kappa shape index (κ1) is 20.2. The van der Waals surface area contributed by atoms with Crippen molar-refractivity contribution in [1.82, 2.24) is 0 Å². The zero-order valence-corrected chi connectivity index (χ0v) is 14.3. The molecule has 2 rings (SSSR count). The Morgan fingerprint density at radius 3 is 1.79 bits per heavy atom. The van der Waals surface area contributed by atoms with Gasteiger partial charge in [0.2, 0.25) is 0 Å². The van der Waals surface area contributed by atoms with E-state index in [9.17, 15) is 18.3 Å². The molecule has 2 aromatic carbocycles. The van der Waals surface area contributed by atoms with Gasteiger partial charge in [0, 0.05) is 6.42 Å². The summed E-state index contributed by atoms with van der Waals surface area (Å²) in [4.78, 5) is 0. The quantitative estimate of drug-likeness (QED) is 0.737. The Morgan fingerprint density at radius 2 is 1.33 bits per heavy atom. The minimum atomic E-state index is -4.67. The molecule has 0 spiro atoms. The monoisotopic (exact) mass is 338 g/mol. The summed E-state index contributed by atoms with van der Waals surface area (Å²) in [6.07, 6.45) is -5.48. The van der Waals surface area contributed by atoms with Crippen LogP contribution >= 0.6 is 0 Å². The second kappa shape index (κ2) is 8.88. The molecule has 0 fully saturated rings. The largest absolute Gasteiger partial charge is 0.417 e. The maximum Gasteiger partial charge on any atom is 0.417 e. The molecule has 0 aromatic heterocycles. The van der Waals surface area contributed by atoms with Gasteiger partial charge in [0.15, 0.2) is 5.60 Å². The molecular formula is C20H25F3O. The molecular weight excluding hydrogens is 313 g/mol. The Bertz CT molecular complexity index is 581. The SMILES string of the molecule is CC.CC(CC(O)(Cc1ccccc1)C(F)(F)F)c1ccccc1. The standard InChI is InChI=1S/C18H19F3O.C2H6/c1-14(16-10-6-3-7-11-16)12-17(22,18(19,20)21)13-15-8-4-2-5-9-15;1-2/h2-11,14,22H,12-13H2,1H3;1-2H3. The lowest BCUT2D eigenvalue weighted by atomic mass is 9.82. The van der Waals surface area contributed by atoms with Crippen molar-refractivity contribution in [3.63, 3.8) is 0 Å². The van der Waals surface area contributed by atoms with Crippen LogP contribution in [0.2, 0.25) is 0 Å². The predicted octanol–water partition coefficient (Wildman–Crippen LogP) is 5.74. The van der Waals surface area contributed by atoms with Gasteiger partial charge in [-0.25, -0.2) is 0 Å². The first-order chi connectivity index (χ1) is 11.3. The third-order valence-electron chi connectivity index (χ3n) is 3.88. The van der Waals surface area contributed by atoms with E-state index in [0.29, 0.717) is 5.56 Å². The van der Waals surface area contributed by atoms with Crippen LogP contribution in [0.3, 0.4) is 0 Å².